The molecule has 5 amide bonds. The number of para-hydroxylation sites is 1. The van der Waals surface area contributed by atoms with Gasteiger partial charge in [0.05, 0.1) is 12.8 Å². The molecule has 0 spiro atoms. The van der Waals surface area contributed by atoms with Gasteiger partial charge in [0, 0.05) is 42.9 Å². The van der Waals surface area contributed by atoms with Crippen LogP contribution in [0, 0.1) is 0 Å². The van der Waals surface area contributed by atoms with E-state index in [0.717, 1.165) is 10.9 Å². The number of nitrogens with zero attached hydrogens (tertiary/aromatic N) is 1. The van der Waals surface area contributed by atoms with Gasteiger partial charge in [0.1, 0.15) is 24.2 Å². The van der Waals surface area contributed by atoms with Crippen LogP contribution in [-0.4, -0.2) is 92.3 Å². The molecule has 15 heteroatoms. The Morgan fingerprint density at radius 1 is 0.833 bits per heavy atom. The van der Waals surface area contributed by atoms with E-state index in [1.165, 1.54) is 4.90 Å². The Bertz CT molecular complexity index is 1670. The first-order valence-electron chi connectivity index (χ1n) is 15.4. The molecular weight excluding hydrogens is 624 g/mol. The van der Waals surface area contributed by atoms with Gasteiger partial charge >= 0.3 is 11.9 Å². The van der Waals surface area contributed by atoms with E-state index in [1.54, 1.807) is 36.5 Å². The van der Waals surface area contributed by atoms with E-state index in [1.807, 2.05) is 24.3 Å². The zero-order valence-corrected chi connectivity index (χ0v) is 26.0. The molecule has 2 heterocycles. The van der Waals surface area contributed by atoms with Crippen molar-refractivity contribution in [2.24, 2.45) is 5.73 Å². The fourth-order valence-electron chi connectivity index (χ4n) is 5.71. The lowest BCUT2D eigenvalue weighted by atomic mass is 10.0. The highest BCUT2D eigenvalue weighted by Gasteiger charge is 2.39. The molecule has 1 aliphatic rings. The Balaban J connectivity index is 1.50. The number of primary amides is 1. The van der Waals surface area contributed by atoms with Crippen molar-refractivity contribution in [1.29, 1.82) is 0 Å². The molecule has 1 saturated heterocycles. The van der Waals surface area contributed by atoms with Crippen LogP contribution >= 0.6 is 0 Å². The van der Waals surface area contributed by atoms with Crippen LogP contribution in [0.1, 0.15) is 43.2 Å². The molecule has 254 valence electrons. The van der Waals surface area contributed by atoms with Crippen LogP contribution in [0.4, 0.5) is 0 Å². The maximum Gasteiger partial charge on any atom is 0.305 e. The number of hydrogen-bond donors (Lipinski definition) is 7. The predicted octanol–water partition coefficient (Wildman–Crippen LogP) is 0.223. The number of carbonyl (C=O) groups excluding carboxylic acids is 5. The summed E-state index contributed by atoms with van der Waals surface area (Å²) < 4.78 is 0. The van der Waals surface area contributed by atoms with Crippen LogP contribution in [0.15, 0.2) is 60.8 Å². The fraction of sp³-hybridized carbons (Fsp3) is 0.364. The maximum absolute atomic E-state index is 14.0. The summed E-state index contributed by atoms with van der Waals surface area (Å²) in [5.41, 5.74) is 7.71. The number of carboxylic acid groups (broad SMARTS) is 2. The number of aromatic amines is 1. The van der Waals surface area contributed by atoms with E-state index in [2.05, 4.69) is 20.9 Å². The second-order valence-corrected chi connectivity index (χ2v) is 11.6. The summed E-state index contributed by atoms with van der Waals surface area (Å²) in [6.07, 6.45) is 0.773. The van der Waals surface area contributed by atoms with Crippen molar-refractivity contribution in [3.8, 4) is 0 Å². The van der Waals surface area contributed by atoms with Gasteiger partial charge in [0.25, 0.3) is 0 Å². The highest BCUT2D eigenvalue weighted by molar-refractivity contribution is 5.97. The molecule has 4 atom stereocenters. The smallest absolute Gasteiger partial charge is 0.305 e. The van der Waals surface area contributed by atoms with Gasteiger partial charge in [-0.05, 0) is 30.0 Å². The SMILES string of the molecule is NC(=O)[C@H](Cc1ccccc1)NC(=O)[C@H](CC(=O)O)NC(=O)[C@@H]1CCCN1C(=O)[C@H](Cc1c[nH]c2ccccc12)NC(=O)CCC(=O)O. The van der Waals surface area contributed by atoms with Crippen LogP contribution in [-0.2, 0) is 46.4 Å². The van der Waals surface area contributed by atoms with Crippen molar-refractivity contribution in [3.05, 3.63) is 71.9 Å². The van der Waals surface area contributed by atoms with E-state index in [4.69, 9.17) is 10.8 Å². The van der Waals surface area contributed by atoms with Gasteiger partial charge in [0.2, 0.25) is 29.5 Å². The van der Waals surface area contributed by atoms with Gasteiger partial charge < -0.3 is 41.8 Å². The number of aromatic nitrogens is 1. The standard InChI is InChI=1S/C33H38N6O9/c34-30(45)23(15-19-7-2-1-3-8-19)37-31(46)24(17-29(43)44)38-32(47)26-11-6-14-39(26)33(48)25(36-27(40)12-13-28(41)42)16-20-18-35-22-10-5-4-9-21(20)22/h1-5,7-10,18,23-26,35H,6,11-17H2,(H2,34,45)(H,36,40)(H,37,46)(H,38,47)(H,41,42)(H,43,44)/t23-,24-,25-,26-/m0/s1. The number of nitrogens with two attached hydrogens (primary N) is 1. The summed E-state index contributed by atoms with van der Waals surface area (Å²) in [7, 11) is 0. The summed E-state index contributed by atoms with van der Waals surface area (Å²) in [5.74, 6) is -6.41. The molecule has 8 N–H and O–H groups in total. The molecule has 3 aromatic rings. The van der Waals surface area contributed by atoms with Gasteiger partial charge in [-0.25, -0.2) is 0 Å². The Labute approximate surface area is 275 Å². The first-order valence-corrected chi connectivity index (χ1v) is 15.4. The van der Waals surface area contributed by atoms with Gasteiger partial charge in [0.15, 0.2) is 0 Å². The number of carboxylic acids is 2. The average Bonchev–Trinajstić information content (AvgIpc) is 3.70. The van der Waals surface area contributed by atoms with E-state index in [-0.39, 0.29) is 32.2 Å². The molecule has 0 radical (unpaired) electrons. The minimum absolute atomic E-state index is 0.0342. The normalized spacial score (nSPS) is 16.0. The number of rotatable bonds is 16. The zero-order chi connectivity index (χ0) is 34.8. The van der Waals surface area contributed by atoms with Crippen molar-refractivity contribution in [2.45, 2.75) is 69.1 Å². The predicted molar refractivity (Wildman–Crippen MR) is 171 cm³/mol. The molecule has 2 aromatic carbocycles. The van der Waals surface area contributed by atoms with E-state index in [0.29, 0.717) is 17.5 Å². The summed E-state index contributed by atoms with van der Waals surface area (Å²) >= 11 is 0. The number of benzene rings is 2. The molecule has 1 aromatic heterocycles. The van der Waals surface area contributed by atoms with Gasteiger partial charge in [-0.1, -0.05) is 48.5 Å². The van der Waals surface area contributed by atoms with Gasteiger partial charge in [-0.15, -0.1) is 0 Å². The molecule has 1 aliphatic heterocycles. The van der Waals surface area contributed by atoms with E-state index < -0.39 is 78.5 Å². The lowest BCUT2D eigenvalue weighted by molar-refractivity contribution is -0.144. The largest absolute Gasteiger partial charge is 0.481 e. The Hall–Kier alpha value is -5.73. The molecule has 0 saturated carbocycles. The van der Waals surface area contributed by atoms with Crippen LogP contribution in [0.3, 0.4) is 0 Å². The Kier molecular flexibility index (Phi) is 11.9. The number of nitrogens with one attached hydrogen (secondary N) is 4. The van der Waals surface area contributed by atoms with Crippen molar-refractivity contribution in [3.63, 3.8) is 0 Å². The first kappa shape index (κ1) is 35.1. The average molecular weight is 663 g/mol. The molecular formula is C33H38N6O9. The monoisotopic (exact) mass is 662 g/mol. The minimum Gasteiger partial charge on any atom is -0.481 e. The molecule has 1 fully saturated rings. The van der Waals surface area contributed by atoms with Crippen molar-refractivity contribution in [1.82, 2.24) is 25.8 Å². The van der Waals surface area contributed by atoms with Gasteiger partial charge in [-0.3, -0.25) is 33.6 Å². The topological polar surface area (TPSA) is 241 Å². The summed E-state index contributed by atoms with van der Waals surface area (Å²) in [6, 6.07) is 11.0. The third-order valence-electron chi connectivity index (χ3n) is 8.09. The third kappa shape index (κ3) is 9.40. The van der Waals surface area contributed by atoms with Crippen LogP contribution in [0.5, 0.6) is 0 Å². The van der Waals surface area contributed by atoms with Crippen LogP contribution in [0.25, 0.3) is 10.9 Å². The summed E-state index contributed by atoms with van der Waals surface area (Å²) in [6.45, 7) is 0.142. The van der Waals surface area contributed by atoms with Gasteiger partial charge in [-0.2, -0.15) is 0 Å². The van der Waals surface area contributed by atoms with Crippen LogP contribution < -0.4 is 21.7 Å². The highest BCUT2D eigenvalue weighted by Crippen LogP contribution is 2.23. The molecule has 48 heavy (non-hydrogen) atoms. The lowest BCUT2D eigenvalue weighted by Gasteiger charge is -2.30. The summed E-state index contributed by atoms with van der Waals surface area (Å²) in [5, 5.41) is 26.8. The number of fused-ring (bicyclic) bond motifs is 1. The van der Waals surface area contributed by atoms with Crippen LogP contribution in [0.2, 0.25) is 0 Å². The Morgan fingerprint density at radius 2 is 1.54 bits per heavy atom. The number of aliphatic carboxylic acids is 2. The lowest BCUT2D eigenvalue weighted by Crippen LogP contribution is -2.58. The second kappa shape index (κ2) is 16.2. The number of amides is 5. The number of likely N-dealkylation sites (tertiary alicyclic amines) is 1. The number of hydrogen-bond acceptors (Lipinski definition) is 7. The summed E-state index contributed by atoms with van der Waals surface area (Å²) in [4.78, 5) is 92.6. The Morgan fingerprint density at radius 3 is 2.23 bits per heavy atom. The van der Waals surface area contributed by atoms with E-state index in [9.17, 15) is 38.7 Å². The van der Waals surface area contributed by atoms with E-state index >= 15 is 0 Å². The van der Waals surface area contributed by atoms with Crippen molar-refractivity contribution >= 4 is 52.4 Å². The number of H-pyrrole nitrogens is 1. The molecule has 0 aliphatic carbocycles. The maximum atomic E-state index is 14.0. The van der Waals surface area contributed by atoms with Crippen molar-refractivity contribution in [2.75, 3.05) is 6.54 Å². The first-order chi connectivity index (χ1) is 22.9. The molecule has 0 unspecified atom stereocenters. The fourth-order valence-corrected chi connectivity index (χ4v) is 5.71. The zero-order valence-electron chi connectivity index (χ0n) is 26.0. The second-order valence-electron chi connectivity index (χ2n) is 11.6. The number of carbonyl (C=O) groups is 7. The van der Waals surface area contributed by atoms with Crippen molar-refractivity contribution < 1.29 is 43.8 Å². The molecule has 15 nitrogen and oxygen atoms in total. The molecule has 0 bridgehead atoms. The molecule has 4 rings (SSSR count). The highest BCUT2D eigenvalue weighted by atomic mass is 16.4. The third-order valence-corrected chi connectivity index (χ3v) is 8.09. The minimum atomic E-state index is -1.59. The quantitative estimate of drug-likeness (QED) is 0.111.